The average Bonchev–Trinajstić information content (AvgIpc) is 2.56. The highest BCUT2D eigenvalue weighted by Crippen LogP contribution is 2.36. The molecule has 2 N–H and O–H groups in total. The van der Waals surface area contributed by atoms with E-state index in [-0.39, 0.29) is 21.5 Å². The molecule has 0 amide bonds. The van der Waals surface area contributed by atoms with Gasteiger partial charge in [-0.3, -0.25) is 4.79 Å². The Bertz CT molecular complexity index is 619. The number of aliphatic carboxylic acids is 1. The van der Waals surface area contributed by atoms with Gasteiger partial charge in [-0.1, -0.05) is 11.6 Å². The van der Waals surface area contributed by atoms with Gasteiger partial charge in [0.2, 0.25) is 0 Å². The maximum atomic E-state index is 12.8. The summed E-state index contributed by atoms with van der Waals surface area (Å²) < 4.78 is 38.3. The summed E-state index contributed by atoms with van der Waals surface area (Å²) in [4.78, 5) is 12.8. The summed E-state index contributed by atoms with van der Waals surface area (Å²) in [7, 11) is 0. The molecule has 0 fully saturated rings. The summed E-state index contributed by atoms with van der Waals surface area (Å²) in [6.45, 7) is 0. The number of nitrogens with one attached hydrogen (secondary N) is 1. The first-order valence-corrected chi connectivity index (χ1v) is 5.26. The Balaban J connectivity index is 2.73. The van der Waals surface area contributed by atoms with Gasteiger partial charge in [0.25, 0.3) is 0 Å². The summed E-state index contributed by atoms with van der Waals surface area (Å²) in [5.74, 6) is -1.33. The van der Waals surface area contributed by atoms with E-state index >= 15 is 0 Å². The average molecular weight is 278 g/mol. The van der Waals surface area contributed by atoms with Crippen molar-refractivity contribution in [3.63, 3.8) is 0 Å². The number of rotatable bonds is 2. The molecule has 0 aliphatic carbocycles. The first-order valence-electron chi connectivity index (χ1n) is 4.88. The standard InChI is InChI=1S/C11H7ClF3NO2/c12-5-1-2-8-6(3-5)7(4-9(17)18)10(16-8)11(13,14)15/h1-3,16H,4H2,(H,17,18). The lowest BCUT2D eigenvalue weighted by Crippen LogP contribution is -2.11. The molecule has 0 radical (unpaired) electrons. The van der Waals surface area contributed by atoms with E-state index in [1.807, 2.05) is 0 Å². The second kappa shape index (κ2) is 4.20. The molecule has 0 bridgehead atoms. The number of fused-ring (bicyclic) bond motifs is 1. The Morgan fingerprint density at radius 1 is 1.39 bits per heavy atom. The molecule has 0 atom stereocenters. The van der Waals surface area contributed by atoms with Gasteiger partial charge in [0, 0.05) is 21.5 Å². The fraction of sp³-hybridized carbons (Fsp3) is 0.182. The van der Waals surface area contributed by atoms with Crippen LogP contribution in [0, 0.1) is 0 Å². The van der Waals surface area contributed by atoms with Crippen molar-refractivity contribution < 1.29 is 23.1 Å². The Kier molecular flexibility index (Phi) is 2.98. The van der Waals surface area contributed by atoms with Crippen molar-refractivity contribution in [1.29, 1.82) is 0 Å². The number of carboxylic acids is 1. The van der Waals surface area contributed by atoms with Gasteiger partial charge in [0.05, 0.1) is 6.42 Å². The monoisotopic (exact) mass is 277 g/mol. The Labute approximate surface area is 104 Å². The third-order valence-electron chi connectivity index (χ3n) is 2.48. The Morgan fingerprint density at radius 3 is 2.61 bits per heavy atom. The fourth-order valence-electron chi connectivity index (χ4n) is 1.80. The van der Waals surface area contributed by atoms with E-state index in [4.69, 9.17) is 16.7 Å². The molecule has 1 aromatic carbocycles. The third kappa shape index (κ3) is 2.28. The normalized spacial score (nSPS) is 12.0. The summed E-state index contributed by atoms with van der Waals surface area (Å²) in [6.07, 6.45) is -5.34. The molecule has 1 aromatic heterocycles. The van der Waals surface area contributed by atoms with Crippen LogP contribution in [0.15, 0.2) is 18.2 Å². The quantitative estimate of drug-likeness (QED) is 0.883. The van der Waals surface area contributed by atoms with Gasteiger partial charge in [-0.2, -0.15) is 13.2 Å². The SMILES string of the molecule is O=C(O)Cc1c(C(F)(F)F)[nH]c2ccc(Cl)cc12. The molecule has 0 spiro atoms. The number of benzene rings is 1. The number of carboxylic acid groups (broad SMARTS) is 1. The fourth-order valence-corrected chi connectivity index (χ4v) is 1.97. The third-order valence-corrected chi connectivity index (χ3v) is 2.71. The molecule has 7 heteroatoms. The molecule has 3 nitrogen and oxygen atoms in total. The van der Waals surface area contributed by atoms with Crippen LogP contribution in [0.4, 0.5) is 13.2 Å². The first-order chi connectivity index (χ1) is 8.29. The number of alkyl halides is 3. The molecule has 0 saturated heterocycles. The van der Waals surface area contributed by atoms with Crippen LogP contribution in [0.2, 0.25) is 5.02 Å². The number of H-pyrrole nitrogens is 1. The van der Waals surface area contributed by atoms with Gasteiger partial charge in [-0.05, 0) is 18.2 Å². The maximum Gasteiger partial charge on any atom is 0.431 e. The van der Waals surface area contributed by atoms with E-state index in [1.165, 1.54) is 18.2 Å². The minimum Gasteiger partial charge on any atom is -0.481 e. The van der Waals surface area contributed by atoms with Gasteiger partial charge < -0.3 is 10.1 Å². The zero-order valence-electron chi connectivity index (χ0n) is 8.81. The van der Waals surface area contributed by atoms with E-state index < -0.39 is 24.3 Å². The molecule has 0 unspecified atom stereocenters. The second-order valence-corrected chi connectivity index (χ2v) is 4.17. The van der Waals surface area contributed by atoms with Gasteiger partial charge >= 0.3 is 12.1 Å². The van der Waals surface area contributed by atoms with Crippen LogP contribution in [-0.4, -0.2) is 16.1 Å². The zero-order valence-corrected chi connectivity index (χ0v) is 9.56. The van der Waals surface area contributed by atoms with Gasteiger partial charge in [-0.25, -0.2) is 0 Å². The van der Waals surface area contributed by atoms with E-state index in [1.54, 1.807) is 0 Å². The molecule has 1 heterocycles. The van der Waals surface area contributed by atoms with Crippen LogP contribution in [0.3, 0.4) is 0 Å². The van der Waals surface area contributed by atoms with Crippen LogP contribution < -0.4 is 0 Å². The second-order valence-electron chi connectivity index (χ2n) is 3.74. The Morgan fingerprint density at radius 2 is 2.06 bits per heavy atom. The van der Waals surface area contributed by atoms with Crippen LogP contribution in [0.5, 0.6) is 0 Å². The molecule has 0 aliphatic rings. The minimum absolute atomic E-state index is 0.178. The number of halogens is 4. The topological polar surface area (TPSA) is 53.1 Å². The molecule has 0 aliphatic heterocycles. The molecule has 2 rings (SSSR count). The number of hydrogen-bond donors (Lipinski definition) is 2. The molecular weight excluding hydrogens is 271 g/mol. The van der Waals surface area contributed by atoms with Gasteiger partial charge in [-0.15, -0.1) is 0 Å². The maximum absolute atomic E-state index is 12.8. The summed E-state index contributed by atoms with van der Waals surface area (Å²) in [5, 5.41) is 9.12. The largest absolute Gasteiger partial charge is 0.481 e. The van der Waals surface area contributed by atoms with Crippen LogP contribution in [0.25, 0.3) is 10.9 Å². The van der Waals surface area contributed by atoms with E-state index in [2.05, 4.69) is 4.98 Å². The zero-order chi connectivity index (χ0) is 13.5. The molecular formula is C11H7ClF3NO2. The van der Waals surface area contributed by atoms with E-state index in [0.29, 0.717) is 0 Å². The van der Waals surface area contributed by atoms with Crippen molar-refractivity contribution >= 4 is 28.5 Å². The van der Waals surface area contributed by atoms with Crippen molar-refractivity contribution in [2.45, 2.75) is 12.6 Å². The van der Waals surface area contributed by atoms with Crippen molar-refractivity contribution in [2.24, 2.45) is 0 Å². The predicted octanol–water partition coefficient (Wildman–Crippen LogP) is 3.47. The highest BCUT2D eigenvalue weighted by atomic mass is 35.5. The lowest BCUT2D eigenvalue weighted by molar-refractivity contribution is -0.142. The Hall–Kier alpha value is -1.69. The van der Waals surface area contributed by atoms with Gasteiger partial charge in [0.15, 0.2) is 0 Å². The molecule has 0 saturated carbocycles. The molecule has 18 heavy (non-hydrogen) atoms. The van der Waals surface area contributed by atoms with Crippen molar-refractivity contribution in [3.05, 3.63) is 34.5 Å². The molecule has 96 valence electrons. The van der Waals surface area contributed by atoms with Gasteiger partial charge in [0.1, 0.15) is 5.69 Å². The van der Waals surface area contributed by atoms with E-state index in [0.717, 1.165) is 0 Å². The van der Waals surface area contributed by atoms with E-state index in [9.17, 15) is 18.0 Å². The predicted molar refractivity (Wildman–Crippen MR) is 59.7 cm³/mol. The minimum atomic E-state index is -4.63. The molecule has 2 aromatic rings. The summed E-state index contributed by atoms with van der Waals surface area (Å²) >= 11 is 5.71. The highest BCUT2D eigenvalue weighted by Gasteiger charge is 2.36. The van der Waals surface area contributed by atoms with Crippen LogP contribution >= 0.6 is 11.6 Å². The number of aromatic nitrogens is 1. The number of aromatic amines is 1. The smallest absolute Gasteiger partial charge is 0.431 e. The number of hydrogen-bond acceptors (Lipinski definition) is 1. The van der Waals surface area contributed by atoms with Crippen molar-refractivity contribution in [3.8, 4) is 0 Å². The lowest BCUT2D eigenvalue weighted by atomic mass is 10.1. The summed E-state index contributed by atoms with van der Waals surface area (Å²) in [6, 6.07) is 4.14. The lowest BCUT2D eigenvalue weighted by Gasteiger charge is -2.06. The van der Waals surface area contributed by atoms with Crippen LogP contribution in [0.1, 0.15) is 11.3 Å². The number of carbonyl (C=O) groups is 1. The van der Waals surface area contributed by atoms with Crippen molar-refractivity contribution in [2.75, 3.05) is 0 Å². The summed E-state index contributed by atoms with van der Waals surface area (Å²) in [5.41, 5.74) is -1.13. The van der Waals surface area contributed by atoms with Crippen LogP contribution in [-0.2, 0) is 17.4 Å². The first kappa shape index (κ1) is 12.8. The highest BCUT2D eigenvalue weighted by molar-refractivity contribution is 6.31. The van der Waals surface area contributed by atoms with Crippen molar-refractivity contribution in [1.82, 2.24) is 4.98 Å².